The molecule has 0 bridgehead atoms. The summed E-state index contributed by atoms with van der Waals surface area (Å²) < 4.78 is 0. The molecule has 2 unspecified atom stereocenters. The predicted molar refractivity (Wildman–Crippen MR) is 66.3 cm³/mol. The fraction of sp³-hybridized carbons (Fsp3) is 0.333. The summed E-state index contributed by atoms with van der Waals surface area (Å²) in [5.41, 5.74) is 5.82. The summed E-state index contributed by atoms with van der Waals surface area (Å²) in [6, 6.07) is 8.10. The van der Waals surface area contributed by atoms with Gasteiger partial charge in [0.2, 0.25) is 11.8 Å². The van der Waals surface area contributed by atoms with Crippen LogP contribution in [0.1, 0.15) is 13.8 Å². The number of hydrogen-bond donors (Lipinski definition) is 3. The second-order valence-electron chi connectivity index (χ2n) is 3.87. The Bertz CT molecular complexity index is 392. The summed E-state index contributed by atoms with van der Waals surface area (Å²) in [5.74, 6) is -0.686. The van der Waals surface area contributed by atoms with E-state index in [2.05, 4.69) is 10.6 Å². The molecular formula is C12H17N3O2. The molecule has 0 fully saturated rings. The first-order valence-corrected chi connectivity index (χ1v) is 5.42. The van der Waals surface area contributed by atoms with Gasteiger partial charge in [-0.3, -0.25) is 14.9 Å². The minimum atomic E-state index is -0.536. The van der Waals surface area contributed by atoms with Crippen LogP contribution in [0.4, 0.5) is 5.69 Å². The van der Waals surface area contributed by atoms with E-state index in [4.69, 9.17) is 5.73 Å². The van der Waals surface area contributed by atoms with E-state index in [1.54, 1.807) is 26.0 Å². The molecule has 0 aliphatic heterocycles. The van der Waals surface area contributed by atoms with E-state index in [-0.39, 0.29) is 5.91 Å². The van der Waals surface area contributed by atoms with Crippen molar-refractivity contribution in [2.45, 2.75) is 25.9 Å². The lowest BCUT2D eigenvalue weighted by Crippen LogP contribution is -2.48. The van der Waals surface area contributed by atoms with E-state index in [9.17, 15) is 9.59 Å². The van der Waals surface area contributed by atoms with Gasteiger partial charge >= 0.3 is 0 Å². The van der Waals surface area contributed by atoms with Crippen molar-refractivity contribution in [1.29, 1.82) is 0 Å². The molecule has 0 aromatic heterocycles. The standard InChI is InChI=1S/C12H17N3O2/c1-8(11(13)16)14-9(2)12(17)15-10-6-4-3-5-7-10/h3-9,14H,1-2H3,(H2,13,16)(H,15,17). The van der Waals surface area contributed by atoms with E-state index in [1.807, 2.05) is 18.2 Å². The quantitative estimate of drug-likeness (QED) is 0.694. The number of nitrogens with two attached hydrogens (primary N) is 1. The number of para-hydroxylation sites is 1. The first-order valence-electron chi connectivity index (χ1n) is 5.42. The Hall–Kier alpha value is -1.88. The number of primary amides is 1. The molecular weight excluding hydrogens is 218 g/mol. The van der Waals surface area contributed by atoms with Gasteiger partial charge < -0.3 is 11.1 Å². The molecule has 0 saturated carbocycles. The maximum Gasteiger partial charge on any atom is 0.241 e. The fourth-order valence-corrected chi connectivity index (χ4v) is 1.30. The lowest BCUT2D eigenvalue weighted by molar-refractivity contribution is -0.121. The van der Waals surface area contributed by atoms with Crippen LogP contribution < -0.4 is 16.4 Å². The van der Waals surface area contributed by atoms with Gasteiger partial charge in [-0.05, 0) is 26.0 Å². The summed E-state index contributed by atoms with van der Waals surface area (Å²) in [6.07, 6.45) is 0. The Morgan fingerprint density at radius 3 is 2.24 bits per heavy atom. The monoisotopic (exact) mass is 235 g/mol. The van der Waals surface area contributed by atoms with Crippen LogP contribution >= 0.6 is 0 Å². The number of hydrogen-bond acceptors (Lipinski definition) is 3. The lowest BCUT2D eigenvalue weighted by atomic mass is 10.2. The molecule has 0 heterocycles. The van der Waals surface area contributed by atoms with Crippen LogP contribution in [0.5, 0.6) is 0 Å². The molecule has 92 valence electrons. The lowest BCUT2D eigenvalue weighted by Gasteiger charge is -2.17. The number of anilines is 1. The first-order chi connectivity index (χ1) is 8.00. The molecule has 1 rings (SSSR count). The molecule has 0 aliphatic carbocycles. The van der Waals surface area contributed by atoms with Crippen LogP contribution in [0, 0.1) is 0 Å². The number of benzene rings is 1. The Morgan fingerprint density at radius 1 is 1.12 bits per heavy atom. The van der Waals surface area contributed by atoms with Crippen LogP contribution in [0.2, 0.25) is 0 Å². The fourth-order valence-electron chi connectivity index (χ4n) is 1.30. The Kier molecular flexibility index (Phi) is 4.66. The van der Waals surface area contributed by atoms with Crippen molar-refractivity contribution < 1.29 is 9.59 Å². The summed E-state index contributed by atoms with van der Waals surface area (Å²) in [4.78, 5) is 22.6. The topological polar surface area (TPSA) is 84.2 Å². The van der Waals surface area contributed by atoms with E-state index in [1.165, 1.54) is 0 Å². The Morgan fingerprint density at radius 2 is 1.71 bits per heavy atom. The average Bonchev–Trinajstić information content (AvgIpc) is 2.29. The molecule has 1 aromatic carbocycles. The molecule has 0 saturated heterocycles. The zero-order chi connectivity index (χ0) is 12.8. The highest BCUT2D eigenvalue weighted by Gasteiger charge is 2.17. The van der Waals surface area contributed by atoms with Gasteiger partial charge in [0.25, 0.3) is 0 Å². The third kappa shape index (κ3) is 4.24. The van der Waals surface area contributed by atoms with E-state index < -0.39 is 18.0 Å². The molecule has 2 amide bonds. The largest absolute Gasteiger partial charge is 0.368 e. The van der Waals surface area contributed by atoms with Crippen molar-refractivity contribution >= 4 is 17.5 Å². The van der Waals surface area contributed by atoms with Crippen molar-refractivity contribution in [3.63, 3.8) is 0 Å². The van der Waals surface area contributed by atoms with Crippen molar-refractivity contribution in [3.8, 4) is 0 Å². The summed E-state index contributed by atoms with van der Waals surface area (Å²) in [7, 11) is 0. The van der Waals surface area contributed by atoms with Gasteiger partial charge in [-0.1, -0.05) is 18.2 Å². The summed E-state index contributed by atoms with van der Waals surface area (Å²) in [5, 5.41) is 5.55. The molecule has 0 radical (unpaired) electrons. The maximum absolute atomic E-state index is 11.7. The second kappa shape index (κ2) is 6.00. The van der Waals surface area contributed by atoms with Gasteiger partial charge in [0.1, 0.15) is 0 Å². The smallest absolute Gasteiger partial charge is 0.241 e. The number of rotatable bonds is 5. The molecule has 2 atom stereocenters. The normalized spacial score (nSPS) is 13.8. The molecule has 1 aromatic rings. The van der Waals surface area contributed by atoms with Crippen LogP contribution in [-0.2, 0) is 9.59 Å². The summed E-state index contributed by atoms with van der Waals surface area (Å²) in [6.45, 7) is 3.30. The Labute approximate surface area is 100 Å². The van der Waals surface area contributed by atoms with E-state index >= 15 is 0 Å². The van der Waals surface area contributed by atoms with E-state index in [0.29, 0.717) is 0 Å². The van der Waals surface area contributed by atoms with Crippen LogP contribution in [0.3, 0.4) is 0 Å². The number of carbonyl (C=O) groups is 2. The van der Waals surface area contributed by atoms with Gasteiger partial charge in [-0.15, -0.1) is 0 Å². The SMILES string of the molecule is CC(NC(C)C(=O)Nc1ccccc1)C(N)=O. The Balaban J connectivity index is 2.50. The molecule has 5 heteroatoms. The van der Waals surface area contributed by atoms with Crippen molar-refractivity contribution in [3.05, 3.63) is 30.3 Å². The van der Waals surface area contributed by atoms with Crippen molar-refractivity contribution in [1.82, 2.24) is 5.32 Å². The molecule has 0 spiro atoms. The van der Waals surface area contributed by atoms with Crippen molar-refractivity contribution in [2.24, 2.45) is 5.73 Å². The van der Waals surface area contributed by atoms with Crippen molar-refractivity contribution in [2.75, 3.05) is 5.32 Å². The minimum absolute atomic E-state index is 0.204. The van der Waals surface area contributed by atoms with Gasteiger partial charge in [0.15, 0.2) is 0 Å². The maximum atomic E-state index is 11.7. The highest BCUT2D eigenvalue weighted by atomic mass is 16.2. The highest BCUT2D eigenvalue weighted by Crippen LogP contribution is 2.05. The van der Waals surface area contributed by atoms with Crippen LogP contribution in [-0.4, -0.2) is 23.9 Å². The van der Waals surface area contributed by atoms with Gasteiger partial charge in [0, 0.05) is 5.69 Å². The van der Waals surface area contributed by atoms with Gasteiger partial charge in [0.05, 0.1) is 12.1 Å². The summed E-state index contributed by atoms with van der Waals surface area (Å²) >= 11 is 0. The number of amides is 2. The second-order valence-corrected chi connectivity index (χ2v) is 3.87. The average molecular weight is 235 g/mol. The van der Waals surface area contributed by atoms with Gasteiger partial charge in [-0.25, -0.2) is 0 Å². The molecule has 0 aliphatic rings. The highest BCUT2D eigenvalue weighted by molar-refractivity contribution is 5.95. The minimum Gasteiger partial charge on any atom is -0.368 e. The van der Waals surface area contributed by atoms with Crippen LogP contribution in [0.25, 0.3) is 0 Å². The molecule has 5 nitrogen and oxygen atoms in total. The third-order valence-corrected chi connectivity index (χ3v) is 2.36. The third-order valence-electron chi connectivity index (χ3n) is 2.36. The molecule has 4 N–H and O–H groups in total. The number of carbonyl (C=O) groups excluding carboxylic acids is 2. The molecule has 17 heavy (non-hydrogen) atoms. The number of nitrogens with one attached hydrogen (secondary N) is 2. The first kappa shape index (κ1) is 13.2. The van der Waals surface area contributed by atoms with Gasteiger partial charge in [-0.2, -0.15) is 0 Å². The predicted octanol–water partition coefficient (Wildman–Crippen LogP) is 0.477. The zero-order valence-corrected chi connectivity index (χ0v) is 9.94. The van der Waals surface area contributed by atoms with E-state index in [0.717, 1.165) is 5.69 Å². The zero-order valence-electron chi connectivity index (χ0n) is 9.94. The van der Waals surface area contributed by atoms with Crippen LogP contribution in [0.15, 0.2) is 30.3 Å².